The second kappa shape index (κ2) is 10.6. The van der Waals surface area contributed by atoms with E-state index < -0.39 is 11.8 Å². The van der Waals surface area contributed by atoms with Gasteiger partial charge < -0.3 is 14.6 Å². The number of methoxy groups -OCH3 is 1. The van der Waals surface area contributed by atoms with Crippen molar-refractivity contribution >= 4 is 11.5 Å². The Labute approximate surface area is 223 Å². The van der Waals surface area contributed by atoms with Crippen LogP contribution < -0.4 is 9.47 Å². The van der Waals surface area contributed by atoms with Gasteiger partial charge in [-0.1, -0.05) is 44.2 Å². The summed E-state index contributed by atoms with van der Waals surface area (Å²) in [6.45, 7) is 4.79. The van der Waals surface area contributed by atoms with E-state index in [0.717, 1.165) is 53.7 Å². The Balaban J connectivity index is 1.44. The molecule has 38 heavy (non-hydrogen) atoms. The Hall–Kier alpha value is -3.67. The highest BCUT2D eigenvalue weighted by Crippen LogP contribution is 2.48. The first-order chi connectivity index (χ1) is 18.2. The van der Waals surface area contributed by atoms with Crippen molar-refractivity contribution < 1.29 is 23.8 Å². The third kappa shape index (κ3) is 5.59. The maximum atomic E-state index is 15.0. The van der Waals surface area contributed by atoms with Crippen molar-refractivity contribution in [3.8, 4) is 22.8 Å². The standard InChI is InChI=1S/C32H34FNO4/c1-32(2)13-5-8-28(32)26-14-20(9-12-24(26)27-16-30(37-3)34-18-29(27)33)19-38-23-7-4-6-22(15-23)25(17-31(35)36)21-10-11-21/h4,6-9,12,14-16,18,21,25H,5,10-11,13,17,19H2,1-3H3,(H,35,36)/t25-/m0/s1. The van der Waals surface area contributed by atoms with E-state index in [1.54, 1.807) is 6.07 Å². The lowest BCUT2D eigenvalue weighted by Crippen LogP contribution is -2.10. The normalized spacial score (nSPS) is 17.1. The number of benzene rings is 2. The third-order valence-corrected chi connectivity index (χ3v) is 7.83. The van der Waals surface area contributed by atoms with E-state index in [9.17, 15) is 14.3 Å². The predicted molar refractivity (Wildman–Crippen MR) is 146 cm³/mol. The fourth-order valence-electron chi connectivity index (χ4n) is 5.58. The van der Waals surface area contributed by atoms with Gasteiger partial charge in [0.25, 0.3) is 0 Å². The van der Waals surface area contributed by atoms with Crippen LogP contribution in [0.2, 0.25) is 0 Å². The maximum absolute atomic E-state index is 15.0. The summed E-state index contributed by atoms with van der Waals surface area (Å²) in [6, 6.07) is 15.5. The molecule has 0 bridgehead atoms. The van der Waals surface area contributed by atoms with E-state index in [2.05, 4.69) is 31.0 Å². The molecule has 1 aromatic heterocycles. The van der Waals surface area contributed by atoms with Gasteiger partial charge in [-0.05, 0) is 89.0 Å². The Morgan fingerprint density at radius 1 is 1.13 bits per heavy atom. The fourth-order valence-corrected chi connectivity index (χ4v) is 5.58. The second-order valence-electron chi connectivity index (χ2n) is 11.0. The highest BCUT2D eigenvalue weighted by molar-refractivity contribution is 5.85. The molecule has 1 saturated carbocycles. The molecule has 198 valence electrons. The minimum absolute atomic E-state index is 0.0192. The van der Waals surface area contributed by atoms with Crippen LogP contribution in [0.3, 0.4) is 0 Å². The lowest BCUT2D eigenvalue weighted by molar-refractivity contribution is -0.137. The molecule has 0 amide bonds. The highest BCUT2D eigenvalue weighted by Gasteiger charge is 2.34. The van der Waals surface area contributed by atoms with Crippen molar-refractivity contribution in [3.63, 3.8) is 0 Å². The van der Waals surface area contributed by atoms with Crippen molar-refractivity contribution in [2.75, 3.05) is 7.11 Å². The van der Waals surface area contributed by atoms with Gasteiger partial charge in [0, 0.05) is 11.6 Å². The molecule has 0 aliphatic heterocycles. The topological polar surface area (TPSA) is 68.7 Å². The molecule has 6 heteroatoms. The van der Waals surface area contributed by atoms with Gasteiger partial charge in [0.05, 0.1) is 19.7 Å². The Morgan fingerprint density at radius 3 is 2.63 bits per heavy atom. The van der Waals surface area contributed by atoms with Crippen LogP contribution in [0.15, 0.2) is 60.8 Å². The van der Waals surface area contributed by atoms with E-state index in [1.165, 1.54) is 18.9 Å². The van der Waals surface area contributed by atoms with Gasteiger partial charge >= 0.3 is 5.97 Å². The van der Waals surface area contributed by atoms with Gasteiger partial charge in [-0.3, -0.25) is 4.79 Å². The number of carboxylic acid groups (broad SMARTS) is 1. The van der Waals surface area contributed by atoms with E-state index in [-0.39, 0.29) is 17.8 Å². The molecular formula is C32H34FNO4. The molecule has 2 aliphatic carbocycles. The number of carbonyl (C=O) groups is 1. The zero-order chi connectivity index (χ0) is 26.9. The molecular weight excluding hydrogens is 481 g/mol. The van der Waals surface area contributed by atoms with Crippen molar-refractivity contribution in [1.29, 1.82) is 0 Å². The third-order valence-electron chi connectivity index (χ3n) is 7.83. The summed E-state index contributed by atoms with van der Waals surface area (Å²) in [5.41, 5.74) is 5.42. The first kappa shape index (κ1) is 26.0. The fraction of sp³-hybridized carbons (Fsp3) is 0.375. The Bertz CT molecular complexity index is 1380. The van der Waals surface area contributed by atoms with E-state index in [4.69, 9.17) is 9.47 Å². The molecule has 1 fully saturated rings. The van der Waals surface area contributed by atoms with Crippen LogP contribution in [-0.2, 0) is 11.4 Å². The quantitative estimate of drug-likeness (QED) is 0.300. The molecule has 2 aromatic carbocycles. The van der Waals surface area contributed by atoms with Crippen molar-refractivity contribution in [1.82, 2.24) is 4.98 Å². The smallest absolute Gasteiger partial charge is 0.303 e. The SMILES string of the molecule is COc1cc(-c2ccc(COc3cccc([C@@H](CC(=O)O)C4CC4)c3)cc2C2=CCCC2(C)C)c(F)cn1. The number of allylic oxidation sites excluding steroid dienone is 2. The summed E-state index contributed by atoms with van der Waals surface area (Å²) >= 11 is 0. The second-order valence-corrected chi connectivity index (χ2v) is 11.0. The van der Waals surface area contributed by atoms with Gasteiger partial charge in [0.1, 0.15) is 18.2 Å². The van der Waals surface area contributed by atoms with Gasteiger partial charge in [0.2, 0.25) is 5.88 Å². The van der Waals surface area contributed by atoms with Crippen LogP contribution in [0, 0.1) is 17.2 Å². The molecule has 1 atom stereocenters. The van der Waals surface area contributed by atoms with E-state index >= 15 is 0 Å². The van der Waals surface area contributed by atoms with Crippen LogP contribution in [-0.4, -0.2) is 23.2 Å². The number of aliphatic carboxylic acids is 1. The Morgan fingerprint density at radius 2 is 1.95 bits per heavy atom. The average molecular weight is 516 g/mol. The summed E-state index contributed by atoms with van der Waals surface area (Å²) in [5, 5.41) is 9.38. The Kier molecular flexibility index (Phi) is 7.24. The van der Waals surface area contributed by atoms with Crippen molar-refractivity contribution in [3.05, 3.63) is 83.3 Å². The zero-order valence-corrected chi connectivity index (χ0v) is 22.2. The summed E-state index contributed by atoms with van der Waals surface area (Å²) in [6.07, 6.45) is 7.77. The van der Waals surface area contributed by atoms with Crippen molar-refractivity contribution in [2.45, 2.75) is 58.5 Å². The number of hydrogen-bond acceptors (Lipinski definition) is 4. The number of ether oxygens (including phenoxy) is 2. The van der Waals surface area contributed by atoms with Crippen LogP contribution >= 0.6 is 0 Å². The average Bonchev–Trinajstić information content (AvgIpc) is 3.68. The summed E-state index contributed by atoms with van der Waals surface area (Å²) in [4.78, 5) is 15.4. The number of pyridine rings is 1. The maximum Gasteiger partial charge on any atom is 0.303 e. The van der Waals surface area contributed by atoms with E-state index in [0.29, 0.717) is 24.0 Å². The molecule has 5 nitrogen and oxygen atoms in total. The molecule has 5 rings (SSSR count). The first-order valence-electron chi connectivity index (χ1n) is 13.2. The highest BCUT2D eigenvalue weighted by atomic mass is 19.1. The van der Waals surface area contributed by atoms with Crippen LogP contribution in [0.1, 0.15) is 68.6 Å². The number of halogens is 1. The zero-order valence-electron chi connectivity index (χ0n) is 22.2. The lowest BCUT2D eigenvalue weighted by atomic mass is 9.79. The monoisotopic (exact) mass is 515 g/mol. The largest absolute Gasteiger partial charge is 0.489 e. The predicted octanol–water partition coefficient (Wildman–Crippen LogP) is 7.65. The summed E-state index contributed by atoms with van der Waals surface area (Å²) in [5.74, 6) is 0.377. The van der Waals surface area contributed by atoms with Crippen LogP contribution in [0.25, 0.3) is 16.7 Å². The van der Waals surface area contributed by atoms with E-state index in [1.807, 2.05) is 36.4 Å². The number of rotatable bonds is 10. The van der Waals surface area contributed by atoms with Crippen LogP contribution in [0.4, 0.5) is 4.39 Å². The molecule has 2 aliphatic rings. The number of aromatic nitrogens is 1. The first-order valence-corrected chi connectivity index (χ1v) is 13.2. The van der Waals surface area contributed by atoms with Crippen LogP contribution in [0.5, 0.6) is 11.6 Å². The van der Waals surface area contributed by atoms with Crippen molar-refractivity contribution in [2.24, 2.45) is 11.3 Å². The molecule has 1 N–H and O–H groups in total. The number of nitrogens with zero attached hydrogens (tertiary/aromatic N) is 1. The summed E-state index contributed by atoms with van der Waals surface area (Å²) < 4.78 is 26.4. The summed E-state index contributed by atoms with van der Waals surface area (Å²) in [7, 11) is 1.53. The molecule has 0 unspecified atom stereocenters. The minimum Gasteiger partial charge on any atom is -0.489 e. The molecule has 0 radical (unpaired) electrons. The minimum atomic E-state index is -0.770. The molecule has 0 saturated heterocycles. The van der Waals surface area contributed by atoms with Gasteiger partial charge in [-0.25, -0.2) is 9.37 Å². The van der Waals surface area contributed by atoms with Gasteiger partial charge in [-0.2, -0.15) is 0 Å². The number of carboxylic acids is 1. The molecule has 3 aromatic rings. The van der Waals surface area contributed by atoms with Gasteiger partial charge in [-0.15, -0.1) is 0 Å². The number of hydrogen-bond donors (Lipinski definition) is 1. The van der Waals surface area contributed by atoms with Gasteiger partial charge in [0.15, 0.2) is 0 Å². The lowest BCUT2D eigenvalue weighted by Gasteiger charge is -2.25. The molecule has 0 spiro atoms. The molecule has 1 heterocycles.